The smallest absolute Gasteiger partial charge is 0.261 e. The molecule has 0 saturated carbocycles. The van der Waals surface area contributed by atoms with E-state index in [0.717, 1.165) is 22.9 Å². The molecule has 2 aromatic carbocycles. The van der Waals surface area contributed by atoms with E-state index >= 15 is 0 Å². The lowest BCUT2D eigenvalue weighted by atomic mass is 10.1. The van der Waals surface area contributed by atoms with Crippen molar-refractivity contribution in [2.24, 2.45) is 0 Å². The molecule has 1 atom stereocenters. The van der Waals surface area contributed by atoms with Crippen LogP contribution in [0.1, 0.15) is 33.6 Å². The summed E-state index contributed by atoms with van der Waals surface area (Å²) in [5.74, 6) is 0.674. The minimum absolute atomic E-state index is 0.0741. The maximum absolute atomic E-state index is 12.3. The molecule has 0 fully saturated rings. The third-order valence-corrected chi connectivity index (χ3v) is 3.75. The Morgan fingerprint density at radius 2 is 1.88 bits per heavy atom. The molecule has 0 radical (unpaired) electrons. The summed E-state index contributed by atoms with van der Waals surface area (Å²) in [4.78, 5) is 12.3. The molecule has 4 heteroatoms. The monoisotopic (exact) mass is 329 g/mol. The van der Waals surface area contributed by atoms with E-state index in [4.69, 9.17) is 9.47 Å². The fraction of sp³-hybridized carbons (Fsp3) is 0.450. The zero-order valence-corrected chi connectivity index (χ0v) is 14.7. The highest BCUT2D eigenvalue weighted by Gasteiger charge is 2.18. The number of benzene rings is 2. The highest BCUT2D eigenvalue weighted by Crippen LogP contribution is 2.26. The van der Waals surface area contributed by atoms with E-state index in [2.05, 4.69) is 5.32 Å². The van der Waals surface area contributed by atoms with Crippen LogP contribution < -0.4 is 10.1 Å². The number of rotatable bonds is 9. The molecule has 1 amide bonds. The Kier molecular flexibility index (Phi) is 7.07. The third-order valence-electron chi connectivity index (χ3n) is 3.75. The molecule has 1 N–H and O–H groups in total. The van der Waals surface area contributed by atoms with Gasteiger partial charge in [0.2, 0.25) is 0 Å². The molecule has 0 heterocycles. The van der Waals surface area contributed by atoms with Crippen molar-refractivity contribution >= 4 is 16.7 Å². The molecular weight excluding hydrogens is 302 g/mol. The van der Waals surface area contributed by atoms with Gasteiger partial charge in [-0.25, -0.2) is 0 Å². The van der Waals surface area contributed by atoms with Crippen molar-refractivity contribution in [3.8, 4) is 5.75 Å². The molecule has 0 unspecified atom stereocenters. The number of amides is 1. The SMILES string of the molecule is CC[C@@H](Oc1cccc2ccccc12)C(=O)NCCCOC(C)C. The summed E-state index contributed by atoms with van der Waals surface area (Å²) in [6.07, 6.45) is 1.16. The Morgan fingerprint density at radius 1 is 1.12 bits per heavy atom. The fourth-order valence-electron chi connectivity index (χ4n) is 2.49. The van der Waals surface area contributed by atoms with E-state index in [9.17, 15) is 4.79 Å². The summed E-state index contributed by atoms with van der Waals surface area (Å²) in [7, 11) is 0. The lowest BCUT2D eigenvalue weighted by molar-refractivity contribution is -0.128. The van der Waals surface area contributed by atoms with Crippen LogP contribution in [-0.2, 0) is 9.53 Å². The van der Waals surface area contributed by atoms with Crippen LogP contribution in [0.4, 0.5) is 0 Å². The lowest BCUT2D eigenvalue weighted by Gasteiger charge is -2.18. The summed E-state index contributed by atoms with van der Waals surface area (Å²) in [5, 5.41) is 5.06. The van der Waals surface area contributed by atoms with Gasteiger partial charge in [0.15, 0.2) is 6.10 Å². The first-order chi connectivity index (χ1) is 11.6. The van der Waals surface area contributed by atoms with Gasteiger partial charge in [-0.2, -0.15) is 0 Å². The molecular formula is C20H27NO3. The van der Waals surface area contributed by atoms with Crippen molar-refractivity contribution in [3.05, 3.63) is 42.5 Å². The van der Waals surface area contributed by atoms with Gasteiger partial charge in [-0.3, -0.25) is 4.79 Å². The first-order valence-corrected chi connectivity index (χ1v) is 8.65. The molecule has 0 aliphatic heterocycles. The molecule has 0 bridgehead atoms. The topological polar surface area (TPSA) is 47.6 Å². The molecule has 0 aliphatic carbocycles. The second kappa shape index (κ2) is 9.28. The molecule has 0 spiro atoms. The van der Waals surface area contributed by atoms with Crippen LogP contribution in [0.2, 0.25) is 0 Å². The summed E-state index contributed by atoms with van der Waals surface area (Å²) >= 11 is 0. The number of carbonyl (C=O) groups is 1. The fourth-order valence-corrected chi connectivity index (χ4v) is 2.49. The van der Waals surface area contributed by atoms with Gasteiger partial charge in [0.25, 0.3) is 5.91 Å². The van der Waals surface area contributed by atoms with Crippen LogP contribution >= 0.6 is 0 Å². The number of hydrogen-bond acceptors (Lipinski definition) is 3. The van der Waals surface area contributed by atoms with Crippen molar-refractivity contribution in [2.45, 2.75) is 45.8 Å². The summed E-state index contributed by atoms with van der Waals surface area (Å²) in [6, 6.07) is 13.9. The number of ether oxygens (including phenoxy) is 2. The van der Waals surface area contributed by atoms with E-state index in [1.165, 1.54) is 0 Å². The number of fused-ring (bicyclic) bond motifs is 1. The second-order valence-electron chi connectivity index (χ2n) is 6.06. The van der Waals surface area contributed by atoms with E-state index in [-0.39, 0.29) is 12.0 Å². The molecule has 24 heavy (non-hydrogen) atoms. The van der Waals surface area contributed by atoms with E-state index in [1.807, 2.05) is 63.2 Å². The van der Waals surface area contributed by atoms with Gasteiger partial charge in [-0.1, -0.05) is 43.3 Å². The van der Waals surface area contributed by atoms with Gasteiger partial charge in [0.1, 0.15) is 5.75 Å². The minimum atomic E-state index is -0.484. The Balaban J connectivity index is 1.92. The molecule has 130 valence electrons. The largest absolute Gasteiger partial charge is 0.480 e. The molecule has 0 aromatic heterocycles. The number of carbonyl (C=O) groups excluding carboxylic acids is 1. The van der Waals surface area contributed by atoms with Crippen LogP contribution in [0, 0.1) is 0 Å². The highest BCUT2D eigenvalue weighted by atomic mass is 16.5. The summed E-state index contributed by atoms with van der Waals surface area (Å²) in [5.41, 5.74) is 0. The predicted octanol–water partition coefficient (Wildman–Crippen LogP) is 3.93. The normalized spacial score (nSPS) is 12.3. The van der Waals surface area contributed by atoms with Gasteiger partial charge in [-0.15, -0.1) is 0 Å². The zero-order valence-electron chi connectivity index (χ0n) is 14.7. The second-order valence-corrected chi connectivity index (χ2v) is 6.06. The van der Waals surface area contributed by atoms with Gasteiger partial charge in [-0.05, 0) is 38.1 Å². The Morgan fingerprint density at radius 3 is 2.62 bits per heavy atom. The molecule has 2 rings (SSSR count). The zero-order chi connectivity index (χ0) is 17.4. The number of hydrogen-bond donors (Lipinski definition) is 1. The van der Waals surface area contributed by atoms with Gasteiger partial charge < -0.3 is 14.8 Å². The van der Waals surface area contributed by atoms with Crippen LogP contribution in [0.3, 0.4) is 0 Å². The maximum atomic E-state index is 12.3. The molecule has 0 saturated heterocycles. The molecule has 4 nitrogen and oxygen atoms in total. The van der Waals surface area contributed by atoms with E-state index < -0.39 is 6.10 Å². The molecule has 2 aromatic rings. The van der Waals surface area contributed by atoms with Gasteiger partial charge >= 0.3 is 0 Å². The molecule has 0 aliphatic rings. The van der Waals surface area contributed by atoms with Crippen LogP contribution in [0.5, 0.6) is 5.75 Å². The average Bonchev–Trinajstić information content (AvgIpc) is 2.59. The van der Waals surface area contributed by atoms with E-state index in [1.54, 1.807) is 0 Å². The minimum Gasteiger partial charge on any atom is -0.480 e. The van der Waals surface area contributed by atoms with Crippen LogP contribution in [0.25, 0.3) is 10.8 Å². The predicted molar refractivity (Wildman–Crippen MR) is 97.4 cm³/mol. The van der Waals surface area contributed by atoms with E-state index in [0.29, 0.717) is 19.6 Å². The number of nitrogens with one attached hydrogen (secondary N) is 1. The van der Waals surface area contributed by atoms with Crippen molar-refractivity contribution in [2.75, 3.05) is 13.2 Å². The lowest BCUT2D eigenvalue weighted by Crippen LogP contribution is -2.38. The van der Waals surface area contributed by atoms with Gasteiger partial charge in [0, 0.05) is 18.5 Å². The van der Waals surface area contributed by atoms with Crippen molar-refractivity contribution < 1.29 is 14.3 Å². The standard InChI is InChI=1S/C20H27NO3/c1-4-18(20(22)21-13-8-14-23-15(2)3)24-19-12-7-10-16-9-5-6-11-17(16)19/h5-7,9-12,15,18H,4,8,13-14H2,1-3H3,(H,21,22)/t18-/m1/s1. The Labute approximate surface area is 144 Å². The third kappa shape index (κ3) is 5.24. The average molecular weight is 329 g/mol. The van der Waals surface area contributed by atoms with Crippen LogP contribution in [-0.4, -0.2) is 31.3 Å². The van der Waals surface area contributed by atoms with Crippen molar-refractivity contribution in [3.63, 3.8) is 0 Å². The Hall–Kier alpha value is -2.07. The quantitative estimate of drug-likeness (QED) is 0.709. The van der Waals surface area contributed by atoms with Gasteiger partial charge in [0.05, 0.1) is 6.10 Å². The van der Waals surface area contributed by atoms with Crippen molar-refractivity contribution in [1.82, 2.24) is 5.32 Å². The summed E-state index contributed by atoms with van der Waals surface area (Å²) < 4.78 is 11.5. The van der Waals surface area contributed by atoms with Crippen LogP contribution in [0.15, 0.2) is 42.5 Å². The first-order valence-electron chi connectivity index (χ1n) is 8.65. The maximum Gasteiger partial charge on any atom is 0.261 e. The first kappa shape index (κ1) is 18.3. The van der Waals surface area contributed by atoms with Crippen molar-refractivity contribution in [1.29, 1.82) is 0 Å². The summed E-state index contributed by atoms with van der Waals surface area (Å²) in [6.45, 7) is 7.21. The Bertz CT molecular complexity index is 649. The highest BCUT2D eigenvalue weighted by molar-refractivity contribution is 5.89.